The number of likely N-dealkylation sites (tertiary alicyclic amines) is 1. The van der Waals surface area contributed by atoms with Crippen molar-refractivity contribution in [1.82, 2.24) is 14.7 Å². The number of hydrogen-bond acceptors (Lipinski definition) is 5. The molecule has 35 heavy (non-hydrogen) atoms. The molecule has 0 aromatic heterocycles. The highest BCUT2D eigenvalue weighted by Crippen LogP contribution is 2.26. The van der Waals surface area contributed by atoms with Crippen molar-refractivity contribution in [1.29, 1.82) is 0 Å². The van der Waals surface area contributed by atoms with E-state index >= 15 is 0 Å². The topological polar surface area (TPSA) is 56.2 Å². The van der Waals surface area contributed by atoms with Crippen LogP contribution in [0.5, 0.6) is 5.75 Å². The predicted molar refractivity (Wildman–Crippen MR) is 138 cm³/mol. The zero-order valence-electron chi connectivity index (χ0n) is 21.0. The molecule has 1 fully saturated rings. The highest BCUT2D eigenvalue weighted by Gasteiger charge is 2.28. The summed E-state index contributed by atoms with van der Waals surface area (Å²) in [6, 6.07) is 14.4. The summed E-state index contributed by atoms with van der Waals surface area (Å²) in [6.07, 6.45) is 3.65. The molecule has 1 atom stereocenters. The molecule has 6 heteroatoms. The molecule has 2 aromatic carbocycles. The maximum Gasteiger partial charge on any atom is 0.254 e. The van der Waals surface area contributed by atoms with Crippen molar-refractivity contribution in [3.63, 3.8) is 0 Å². The van der Waals surface area contributed by atoms with E-state index in [0.29, 0.717) is 25.6 Å². The van der Waals surface area contributed by atoms with Crippen LogP contribution in [0.3, 0.4) is 0 Å². The lowest BCUT2D eigenvalue weighted by atomic mass is 9.97. The second-order valence-electron chi connectivity index (χ2n) is 10.4. The van der Waals surface area contributed by atoms with Gasteiger partial charge in [0.1, 0.15) is 5.75 Å². The molecule has 1 saturated heterocycles. The van der Waals surface area contributed by atoms with Crippen molar-refractivity contribution in [3.05, 3.63) is 64.7 Å². The Labute approximate surface area is 209 Å². The first-order chi connectivity index (χ1) is 17.1. The van der Waals surface area contributed by atoms with Crippen LogP contribution in [0.1, 0.15) is 46.8 Å². The van der Waals surface area contributed by atoms with Gasteiger partial charge in [-0.2, -0.15) is 0 Å². The monoisotopic (exact) mass is 477 g/mol. The smallest absolute Gasteiger partial charge is 0.254 e. The van der Waals surface area contributed by atoms with Crippen LogP contribution in [0.25, 0.3) is 0 Å². The van der Waals surface area contributed by atoms with Gasteiger partial charge in [-0.3, -0.25) is 9.69 Å². The van der Waals surface area contributed by atoms with Gasteiger partial charge < -0.3 is 19.6 Å². The summed E-state index contributed by atoms with van der Waals surface area (Å²) in [4.78, 5) is 19.7. The standard InChI is InChI=1S/C29H39N3O3/c1-2-30-13-9-22(10-14-30)21-35-27-7-8-28-24(17-27)12-16-32(29(28)34)20-26(33)19-31-15-11-23-5-3-4-6-25(23)18-31/h3-8,17,22,26,33H,2,9-16,18-21H2,1H3. The lowest BCUT2D eigenvalue weighted by Crippen LogP contribution is -2.46. The molecule has 6 nitrogen and oxygen atoms in total. The average molecular weight is 478 g/mol. The van der Waals surface area contributed by atoms with Crippen LogP contribution in [0.2, 0.25) is 0 Å². The Morgan fingerprint density at radius 3 is 2.51 bits per heavy atom. The minimum absolute atomic E-state index is 0.0211. The maximum absolute atomic E-state index is 13.1. The summed E-state index contributed by atoms with van der Waals surface area (Å²) in [5, 5.41) is 10.8. The van der Waals surface area contributed by atoms with Crippen LogP contribution >= 0.6 is 0 Å². The molecule has 1 unspecified atom stereocenters. The number of benzene rings is 2. The first-order valence-corrected chi connectivity index (χ1v) is 13.3. The van der Waals surface area contributed by atoms with E-state index in [2.05, 4.69) is 41.0 Å². The SMILES string of the molecule is CCN1CCC(COc2ccc3c(c2)CCN(CC(O)CN2CCc4ccccc4C2)C3=O)CC1. The van der Waals surface area contributed by atoms with Crippen molar-refractivity contribution in [2.45, 2.75) is 45.3 Å². The Morgan fingerprint density at radius 1 is 0.943 bits per heavy atom. The number of aliphatic hydroxyl groups excluding tert-OH is 1. The zero-order valence-corrected chi connectivity index (χ0v) is 21.0. The molecule has 3 aliphatic rings. The largest absolute Gasteiger partial charge is 0.493 e. The normalized spacial score (nSPS) is 20.4. The summed E-state index contributed by atoms with van der Waals surface area (Å²) in [5.74, 6) is 1.50. The van der Waals surface area contributed by atoms with Crippen molar-refractivity contribution < 1.29 is 14.6 Å². The van der Waals surface area contributed by atoms with Crippen molar-refractivity contribution in [2.24, 2.45) is 5.92 Å². The van der Waals surface area contributed by atoms with Gasteiger partial charge in [-0.25, -0.2) is 0 Å². The second kappa shape index (κ2) is 11.1. The second-order valence-corrected chi connectivity index (χ2v) is 10.4. The maximum atomic E-state index is 13.1. The highest BCUT2D eigenvalue weighted by molar-refractivity contribution is 5.97. The van der Waals surface area contributed by atoms with Crippen molar-refractivity contribution in [3.8, 4) is 5.75 Å². The lowest BCUT2D eigenvalue weighted by Gasteiger charge is -2.34. The summed E-state index contributed by atoms with van der Waals surface area (Å²) < 4.78 is 6.13. The average Bonchev–Trinajstić information content (AvgIpc) is 2.89. The van der Waals surface area contributed by atoms with E-state index in [9.17, 15) is 9.90 Å². The molecule has 1 amide bonds. The fraction of sp³-hybridized carbons (Fsp3) is 0.552. The van der Waals surface area contributed by atoms with Crippen LogP contribution in [-0.4, -0.2) is 84.2 Å². The number of ether oxygens (including phenoxy) is 1. The molecule has 5 rings (SSSR count). The molecular formula is C29H39N3O3. The number of hydrogen-bond donors (Lipinski definition) is 1. The van der Waals surface area contributed by atoms with Gasteiger partial charge >= 0.3 is 0 Å². The van der Waals surface area contributed by atoms with Crippen LogP contribution in [0.4, 0.5) is 0 Å². The van der Waals surface area contributed by atoms with Crippen LogP contribution in [0.15, 0.2) is 42.5 Å². The number of carbonyl (C=O) groups excluding carboxylic acids is 1. The summed E-state index contributed by atoms with van der Waals surface area (Å²) >= 11 is 0. The van der Waals surface area contributed by atoms with Gasteiger partial charge in [0, 0.05) is 38.3 Å². The van der Waals surface area contributed by atoms with Crippen molar-refractivity contribution >= 4 is 5.91 Å². The summed E-state index contributed by atoms with van der Waals surface area (Å²) in [7, 11) is 0. The third-order valence-corrected chi connectivity index (χ3v) is 8.00. The number of nitrogens with zero attached hydrogens (tertiary/aromatic N) is 3. The van der Waals surface area contributed by atoms with E-state index in [1.807, 2.05) is 23.1 Å². The third-order valence-electron chi connectivity index (χ3n) is 8.00. The highest BCUT2D eigenvalue weighted by atomic mass is 16.5. The Balaban J connectivity index is 1.11. The van der Waals surface area contributed by atoms with Gasteiger partial charge in [0.15, 0.2) is 0 Å². The Kier molecular flexibility index (Phi) is 7.71. The van der Waals surface area contributed by atoms with Crippen molar-refractivity contribution in [2.75, 3.05) is 52.4 Å². The first kappa shape index (κ1) is 24.3. The molecule has 3 heterocycles. The molecule has 0 aliphatic carbocycles. The number of amides is 1. The third kappa shape index (κ3) is 5.88. The number of β-amino-alcohol motifs (C(OH)–C–C–N with tert-alkyl or cyclic N) is 1. The predicted octanol–water partition coefficient (Wildman–Crippen LogP) is 3.21. The van der Waals surface area contributed by atoms with E-state index in [1.54, 1.807) is 0 Å². The number of carbonyl (C=O) groups is 1. The molecule has 188 valence electrons. The molecule has 0 saturated carbocycles. The number of aliphatic hydroxyl groups is 1. The van der Waals surface area contributed by atoms with E-state index in [1.165, 1.54) is 24.0 Å². The van der Waals surface area contributed by atoms with Gasteiger partial charge in [-0.05, 0) is 86.1 Å². The first-order valence-electron chi connectivity index (χ1n) is 13.3. The molecule has 2 aromatic rings. The van der Waals surface area contributed by atoms with Gasteiger partial charge in [-0.15, -0.1) is 0 Å². The summed E-state index contributed by atoms with van der Waals surface area (Å²) in [5.41, 5.74) is 4.57. The Bertz CT molecular complexity index is 1020. The van der Waals surface area contributed by atoms with Gasteiger partial charge in [-0.1, -0.05) is 31.2 Å². The van der Waals surface area contributed by atoms with E-state index in [0.717, 1.165) is 69.0 Å². The van der Waals surface area contributed by atoms with Crippen LogP contribution in [0, 0.1) is 5.92 Å². The van der Waals surface area contributed by atoms with Crippen LogP contribution in [-0.2, 0) is 19.4 Å². The van der Waals surface area contributed by atoms with Gasteiger partial charge in [0.2, 0.25) is 0 Å². The minimum Gasteiger partial charge on any atom is -0.493 e. The zero-order chi connectivity index (χ0) is 24.2. The fourth-order valence-corrected chi connectivity index (χ4v) is 5.78. The molecule has 1 N–H and O–H groups in total. The quantitative estimate of drug-likeness (QED) is 0.633. The Morgan fingerprint density at radius 2 is 1.71 bits per heavy atom. The molecule has 0 spiro atoms. The van der Waals surface area contributed by atoms with E-state index in [4.69, 9.17) is 4.74 Å². The molecule has 0 bridgehead atoms. The number of fused-ring (bicyclic) bond motifs is 2. The van der Waals surface area contributed by atoms with E-state index < -0.39 is 6.10 Å². The van der Waals surface area contributed by atoms with Gasteiger partial charge in [0.25, 0.3) is 5.91 Å². The fourth-order valence-electron chi connectivity index (χ4n) is 5.78. The molecular weight excluding hydrogens is 438 g/mol. The molecule has 0 radical (unpaired) electrons. The van der Waals surface area contributed by atoms with Gasteiger partial charge in [0.05, 0.1) is 12.7 Å². The van der Waals surface area contributed by atoms with E-state index in [-0.39, 0.29) is 5.91 Å². The lowest BCUT2D eigenvalue weighted by molar-refractivity contribution is 0.0492. The van der Waals surface area contributed by atoms with Crippen LogP contribution < -0.4 is 4.74 Å². The summed E-state index contributed by atoms with van der Waals surface area (Å²) in [6.45, 7) is 9.87. The minimum atomic E-state index is -0.549. The molecule has 3 aliphatic heterocycles. The number of rotatable bonds is 8. The number of piperidine rings is 1. The Hall–Kier alpha value is -2.41.